The van der Waals surface area contributed by atoms with Gasteiger partial charge in [-0.2, -0.15) is 0 Å². The summed E-state index contributed by atoms with van der Waals surface area (Å²) >= 11 is 7.62. The molecule has 1 fully saturated rings. The lowest BCUT2D eigenvalue weighted by Gasteiger charge is -1.99. The van der Waals surface area contributed by atoms with E-state index in [9.17, 15) is 0 Å². The second-order valence-corrected chi connectivity index (χ2v) is 5.76. The van der Waals surface area contributed by atoms with Gasteiger partial charge in [0, 0.05) is 11.6 Å². The highest BCUT2D eigenvalue weighted by Gasteiger charge is 2.20. The molecule has 1 aliphatic rings. The van der Waals surface area contributed by atoms with E-state index in [2.05, 4.69) is 10.3 Å². The molecule has 16 heavy (non-hydrogen) atoms. The van der Waals surface area contributed by atoms with E-state index < -0.39 is 0 Å². The third kappa shape index (κ3) is 2.30. The molecule has 2 nitrogen and oxygen atoms in total. The molecule has 1 heterocycles. The summed E-state index contributed by atoms with van der Waals surface area (Å²) in [7, 11) is 0. The van der Waals surface area contributed by atoms with Crippen LogP contribution in [-0.4, -0.2) is 11.5 Å². The van der Waals surface area contributed by atoms with E-state index in [4.69, 9.17) is 11.6 Å². The third-order valence-corrected chi connectivity index (χ3v) is 4.10. The van der Waals surface area contributed by atoms with Crippen LogP contribution in [0, 0.1) is 5.92 Å². The summed E-state index contributed by atoms with van der Waals surface area (Å²) in [5.74, 6) is 0.969. The van der Waals surface area contributed by atoms with Crippen molar-refractivity contribution in [2.24, 2.45) is 5.92 Å². The summed E-state index contributed by atoms with van der Waals surface area (Å²) in [5.41, 5.74) is 0.992. The standard InChI is InChI=1S/C12H13ClN2S/c13-9-3-4-11-10(7-9)15-12(16-11)14-6-5-8-1-2-8/h3-4,7-8H,1-2,5-6H2,(H,14,15). The highest BCUT2D eigenvalue weighted by Crippen LogP contribution is 2.33. The van der Waals surface area contributed by atoms with Gasteiger partial charge in [-0.05, 0) is 30.5 Å². The fraction of sp³-hybridized carbons (Fsp3) is 0.417. The van der Waals surface area contributed by atoms with Gasteiger partial charge in [0.25, 0.3) is 0 Å². The Hall–Kier alpha value is -0.800. The second-order valence-electron chi connectivity index (χ2n) is 4.29. The Morgan fingerprint density at radius 3 is 3.12 bits per heavy atom. The Bertz CT molecular complexity index is 505. The fourth-order valence-electron chi connectivity index (χ4n) is 1.77. The van der Waals surface area contributed by atoms with Gasteiger partial charge in [-0.15, -0.1) is 0 Å². The summed E-state index contributed by atoms with van der Waals surface area (Å²) in [6.07, 6.45) is 4.10. The van der Waals surface area contributed by atoms with Crippen molar-refractivity contribution >= 4 is 38.3 Å². The van der Waals surface area contributed by atoms with Gasteiger partial charge in [0.1, 0.15) is 0 Å². The van der Waals surface area contributed by atoms with E-state index in [1.54, 1.807) is 11.3 Å². The van der Waals surface area contributed by atoms with Crippen molar-refractivity contribution in [3.05, 3.63) is 23.2 Å². The van der Waals surface area contributed by atoms with Gasteiger partial charge in [-0.3, -0.25) is 0 Å². The Balaban J connectivity index is 1.71. The van der Waals surface area contributed by atoms with Crippen molar-refractivity contribution in [2.75, 3.05) is 11.9 Å². The van der Waals surface area contributed by atoms with Crippen molar-refractivity contribution in [3.63, 3.8) is 0 Å². The number of rotatable bonds is 4. The van der Waals surface area contributed by atoms with Crippen LogP contribution in [0.25, 0.3) is 10.2 Å². The van der Waals surface area contributed by atoms with Crippen LogP contribution in [0.5, 0.6) is 0 Å². The molecule has 1 aromatic carbocycles. The van der Waals surface area contributed by atoms with Gasteiger partial charge in [0.15, 0.2) is 5.13 Å². The zero-order valence-electron chi connectivity index (χ0n) is 8.87. The lowest BCUT2D eigenvalue weighted by molar-refractivity contribution is 0.760. The van der Waals surface area contributed by atoms with E-state index in [0.29, 0.717) is 0 Å². The Morgan fingerprint density at radius 2 is 2.31 bits per heavy atom. The average molecular weight is 253 g/mol. The average Bonchev–Trinajstić information content (AvgIpc) is 2.98. The molecule has 4 heteroatoms. The van der Waals surface area contributed by atoms with Crippen LogP contribution in [0.15, 0.2) is 18.2 Å². The minimum Gasteiger partial charge on any atom is -0.361 e. The molecule has 1 N–H and O–H groups in total. The van der Waals surface area contributed by atoms with Crippen LogP contribution >= 0.6 is 22.9 Å². The van der Waals surface area contributed by atoms with Crippen LogP contribution in [-0.2, 0) is 0 Å². The molecule has 0 amide bonds. The minimum atomic E-state index is 0.752. The second kappa shape index (κ2) is 4.22. The Morgan fingerprint density at radius 1 is 1.44 bits per heavy atom. The molecule has 2 aromatic rings. The monoisotopic (exact) mass is 252 g/mol. The van der Waals surface area contributed by atoms with Crippen LogP contribution in [0.1, 0.15) is 19.3 Å². The number of nitrogens with one attached hydrogen (secondary N) is 1. The van der Waals surface area contributed by atoms with Gasteiger partial charge in [-0.25, -0.2) is 4.98 Å². The number of hydrogen-bond acceptors (Lipinski definition) is 3. The molecule has 0 spiro atoms. The molecule has 1 saturated carbocycles. The molecular weight excluding hydrogens is 240 g/mol. The highest BCUT2D eigenvalue weighted by molar-refractivity contribution is 7.22. The van der Waals surface area contributed by atoms with Crippen LogP contribution in [0.2, 0.25) is 5.02 Å². The summed E-state index contributed by atoms with van der Waals surface area (Å²) in [6.45, 7) is 1.04. The van der Waals surface area contributed by atoms with E-state index in [0.717, 1.165) is 28.1 Å². The molecule has 0 saturated heterocycles. The van der Waals surface area contributed by atoms with Crippen molar-refractivity contribution < 1.29 is 0 Å². The quantitative estimate of drug-likeness (QED) is 0.884. The molecule has 1 aromatic heterocycles. The van der Waals surface area contributed by atoms with Crippen LogP contribution < -0.4 is 5.32 Å². The van der Waals surface area contributed by atoms with Crippen LogP contribution in [0.3, 0.4) is 0 Å². The van der Waals surface area contributed by atoms with E-state index in [1.165, 1.54) is 24.0 Å². The number of halogens is 1. The zero-order chi connectivity index (χ0) is 11.0. The summed E-state index contributed by atoms with van der Waals surface area (Å²) in [5, 5.41) is 5.15. The zero-order valence-corrected chi connectivity index (χ0v) is 10.4. The SMILES string of the molecule is Clc1ccc2sc(NCCC3CC3)nc2c1. The normalized spacial score (nSPS) is 15.6. The minimum absolute atomic E-state index is 0.752. The van der Waals surface area contributed by atoms with Crippen molar-refractivity contribution in [1.82, 2.24) is 4.98 Å². The molecule has 3 rings (SSSR count). The van der Waals surface area contributed by atoms with Gasteiger partial charge in [0.05, 0.1) is 10.2 Å². The van der Waals surface area contributed by atoms with Gasteiger partial charge in [-0.1, -0.05) is 35.8 Å². The maximum atomic E-state index is 5.93. The van der Waals surface area contributed by atoms with Gasteiger partial charge >= 0.3 is 0 Å². The number of thiazole rings is 1. The first-order chi connectivity index (χ1) is 7.81. The molecule has 0 unspecified atom stereocenters. The summed E-state index contributed by atoms with van der Waals surface area (Å²) < 4.78 is 1.19. The van der Waals surface area contributed by atoms with Crippen molar-refractivity contribution in [1.29, 1.82) is 0 Å². The molecule has 1 aliphatic carbocycles. The number of fused-ring (bicyclic) bond motifs is 1. The first-order valence-corrected chi connectivity index (χ1v) is 6.81. The first kappa shape index (κ1) is 10.4. The summed E-state index contributed by atoms with van der Waals surface area (Å²) in [4.78, 5) is 4.51. The number of aromatic nitrogens is 1. The molecule has 0 atom stereocenters. The molecule has 0 radical (unpaired) electrons. The maximum Gasteiger partial charge on any atom is 0.183 e. The van der Waals surface area contributed by atoms with E-state index in [1.807, 2.05) is 18.2 Å². The van der Waals surface area contributed by atoms with E-state index >= 15 is 0 Å². The van der Waals surface area contributed by atoms with Gasteiger partial charge < -0.3 is 5.32 Å². The van der Waals surface area contributed by atoms with Crippen molar-refractivity contribution in [3.8, 4) is 0 Å². The first-order valence-electron chi connectivity index (χ1n) is 5.61. The number of hydrogen-bond donors (Lipinski definition) is 1. The summed E-state index contributed by atoms with van der Waals surface area (Å²) in [6, 6.07) is 5.86. The number of nitrogens with zero attached hydrogens (tertiary/aromatic N) is 1. The maximum absolute atomic E-state index is 5.93. The number of benzene rings is 1. The largest absolute Gasteiger partial charge is 0.361 e. The lowest BCUT2D eigenvalue weighted by Crippen LogP contribution is -2.01. The fourth-order valence-corrected chi connectivity index (χ4v) is 2.80. The predicted octanol–water partition coefficient (Wildman–Crippen LogP) is 4.16. The Kier molecular flexibility index (Phi) is 2.74. The molecule has 0 bridgehead atoms. The van der Waals surface area contributed by atoms with Gasteiger partial charge in [0.2, 0.25) is 0 Å². The molecule has 84 valence electrons. The molecular formula is C12H13ClN2S. The van der Waals surface area contributed by atoms with Crippen molar-refractivity contribution in [2.45, 2.75) is 19.3 Å². The highest BCUT2D eigenvalue weighted by atomic mass is 35.5. The topological polar surface area (TPSA) is 24.9 Å². The predicted molar refractivity (Wildman–Crippen MR) is 70.5 cm³/mol. The van der Waals surface area contributed by atoms with Crippen LogP contribution in [0.4, 0.5) is 5.13 Å². The lowest BCUT2D eigenvalue weighted by atomic mass is 10.3. The smallest absolute Gasteiger partial charge is 0.183 e. The molecule has 0 aliphatic heterocycles. The van der Waals surface area contributed by atoms with E-state index in [-0.39, 0.29) is 0 Å². The third-order valence-electron chi connectivity index (χ3n) is 2.88. The number of anilines is 1. The Labute approximate surface area is 104 Å².